The van der Waals surface area contributed by atoms with Crippen LogP contribution in [0.1, 0.15) is 6.92 Å². The van der Waals surface area contributed by atoms with Gasteiger partial charge in [-0.2, -0.15) is 9.12 Å². The van der Waals surface area contributed by atoms with Crippen LogP contribution in [-0.4, -0.2) is 16.1 Å². The summed E-state index contributed by atoms with van der Waals surface area (Å²) in [6.45, 7) is 1.59. The van der Waals surface area contributed by atoms with Crippen molar-refractivity contribution < 1.29 is 18.8 Å². The summed E-state index contributed by atoms with van der Waals surface area (Å²) in [6.07, 6.45) is 1.32. The van der Waals surface area contributed by atoms with E-state index in [0.29, 0.717) is 9.76 Å². The Kier molecular flexibility index (Phi) is 5.12. The zero-order valence-corrected chi connectivity index (χ0v) is 12.7. The zero-order chi connectivity index (χ0) is 17.0. The minimum Gasteiger partial charge on any atom is -0.618 e. The fourth-order valence-corrected chi connectivity index (χ4v) is 2.56. The summed E-state index contributed by atoms with van der Waals surface area (Å²) in [5.74, 6) is -1.44. The van der Waals surface area contributed by atoms with Gasteiger partial charge in [-0.25, -0.2) is 0 Å². The summed E-state index contributed by atoms with van der Waals surface area (Å²) < 4.78 is 13.9. The Morgan fingerprint density at radius 2 is 2.13 bits per heavy atom. The molecule has 0 aliphatic heterocycles. The maximum Gasteiger partial charge on any atom is 0.306 e. The third kappa shape index (κ3) is 4.16. The van der Waals surface area contributed by atoms with Gasteiger partial charge in [-0.15, -0.1) is 0 Å². The molecule has 1 atom stereocenters. The number of rotatable bonds is 5. The van der Waals surface area contributed by atoms with Gasteiger partial charge in [0.15, 0.2) is 6.20 Å². The molecule has 0 radical (unpaired) electrons. The van der Waals surface area contributed by atoms with Crippen LogP contribution in [0.15, 0.2) is 47.6 Å². The first-order chi connectivity index (χ1) is 10.9. The van der Waals surface area contributed by atoms with Crippen molar-refractivity contribution in [1.29, 1.82) is 0 Å². The molecule has 0 saturated heterocycles. The van der Waals surface area contributed by atoms with E-state index in [1.54, 1.807) is 25.1 Å². The Morgan fingerprint density at radius 1 is 1.39 bits per heavy atom. The lowest BCUT2D eigenvalue weighted by atomic mass is 10.2. The molecule has 1 heterocycles. The van der Waals surface area contributed by atoms with Crippen molar-refractivity contribution in [1.82, 2.24) is 0 Å². The first-order valence-electron chi connectivity index (χ1n) is 6.48. The van der Waals surface area contributed by atoms with Crippen molar-refractivity contribution in [2.45, 2.75) is 17.2 Å². The van der Waals surface area contributed by atoms with Crippen LogP contribution in [0.5, 0.6) is 0 Å². The number of carbonyl (C=O) groups is 1. The molecule has 0 spiro atoms. The average Bonchev–Trinajstić information content (AvgIpc) is 2.51. The molecule has 1 aromatic carbocycles. The Morgan fingerprint density at radius 3 is 2.78 bits per heavy atom. The molecule has 0 bridgehead atoms. The van der Waals surface area contributed by atoms with Gasteiger partial charge in [0, 0.05) is 23.9 Å². The lowest BCUT2D eigenvalue weighted by Gasteiger charge is -2.11. The Bertz CT molecular complexity index is 757. The number of halogens is 1. The van der Waals surface area contributed by atoms with Crippen LogP contribution in [0.25, 0.3) is 0 Å². The van der Waals surface area contributed by atoms with Gasteiger partial charge in [0.2, 0.25) is 11.7 Å². The first kappa shape index (κ1) is 16.7. The molecule has 0 fully saturated rings. The molecule has 0 aliphatic rings. The van der Waals surface area contributed by atoms with Crippen molar-refractivity contribution in [3.8, 4) is 0 Å². The van der Waals surface area contributed by atoms with Crippen LogP contribution in [-0.2, 0) is 4.79 Å². The van der Waals surface area contributed by atoms with Crippen LogP contribution in [0.2, 0.25) is 0 Å². The van der Waals surface area contributed by atoms with Crippen molar-refractivity contribution in [2.75, 3.05) is 5.32 Å². The molecular formula is C14H12FN3O4S. The van der Waals surface area contributed by atoms with E-state index in [-0.39, 0.29) is 5.69 Å². The number of anilines is 1. The second-order valence-electron chi connectivity index (χ2n) is 4.54. The molecule has 9 heteroatoms. The van der Waals surface area contributed by atoms with Gasteiger partial charge in [-0.1, -0.05) is 0 Å². The van der Waals surface area contributed by atoms with Crippen LogP contribution in [0.3, 0.4) is 0 Å². The van der Waals surface area contributed by atoms with E-state index < -0.39 is 27.6 Å². The number of amides is 1. The molecule has 0 saturated carbocycles. The Hall–Kier alpha value is -2.68. The first-order valence-corrected chi connectivity index (χ1v) is 7.36. The highest BCUT2D eigenvalue weighted by molar-refractivity contribution is 8.00. The molecule has 2 rings (SSSR count). The van der Waals surface area contributed by atoms with E-state index >= 15 is 0 Å². The second kappa shape index (κ2) is 7.05. The molecule has 120 valence electrons. The summed E-state index contributed by atoms with van der Waals surface area (Å²) in [5.41, 5.74) is -0.609. The zero-order valence-electron chi connectivity index (χ0n) is 11.9. The smallest absolute Gasteiger partial charge is 0.306 e. The Balaban J connectivity index is 2.08. The fourth-order valence-electron chi connectivity index (χ4n) is 1.71. The number of nitrogens with one attached hydrogen (secondary N) is 1. The molecule has 0 unspecified atom stereocenters. The van der Waals surface area contributed by atoms with E-state index in [0.717, 1.165) is 23.9 Å². The van der Waals surface area contributed by atoms with Crippen LogP contribution < -0.4 is 10.0 Å². The molecular weight excluding hydrogens is 325 g/mol. The third-order valence-electron chi connectivity index (χ3n) is 2.87. The molecule has 1 amide bonds. The van der Waals surface area contributed by atoms with Crippen molar-refractivity contribution in [3.05, 3.63) is 63.7 Å². The molecule has 7 nitrogen and oxygen atoms in total. The van der Waals surface area contributed by atoms with Crippen molar-refractivity contribution >= 4 is 29.0 Å². The van der Waals surface area contributed by atoms with Gasteiger partial charge in [0.1, 0.15) is 0 Å². The van der Waals surface area contributed by atoms with Gasteiger partial charge in [0.05, 0.1) is 10.2 Å². The second-order valence-corrected chi connectivity index (χ2v) is 5.90. The topological polar surface area (TPSA) is 99.2 Å². The number of nitrogens with zero attached hydrogens (tertiary/aromatic N) is 2. The van der Waals surface area contributed by atoms with Crippen molar-refractivity contribution in [2.24, 2.45) is 0 Å². The summed E-state index contributed by atoms with van der Waals surface area (Å²) in [6, 6.07) is 7.90. The number of thioether (sulfide) groups is 1. The minimum atomic E-state index is -0.980. The van der Waals surface area contributed by atoms with Gasteiger partial charge < -0.3 is 10.5 Å². The highest BCUT2D eigenvalue weighted by Crippen LogP contribution is 2.24. The number of aromatic nitrogens is 1. The highest BCUT2D eigenvalue weighted by Gasteiger charge is 2.20. The predicted octanol–water partition coefficient (Wildman–Crippen LogP) is 2.49. The number of carbonyl (C=O) groups excluding carboxylic acids is 1. The number of pyridine rings is 1. The van der Waals surface area contributed by atoms with Gasteiger partial charge in [-0.3, -0.25) is 14.9 Å². The molecule has 1 aromatic heterocycles. The quantitative estimate of drug-likeness (QED) is 0.297. The van der Waals surface area contributed by atoms with Gasteiger partial charge in [-0.05, 0) is 36.9 Å². The largest absolute Gasteiger partial charge is 0.618 e. The van der Waals surface area contributed by atoms with Crippen LogP contribution in [0, 0.1) is 21.1 Å². The standard InChI is InChI=1S/C14H12FN3O4S/c1-9(23-13-4-2-3-7-17(13)20)14(19)16-10-5-6-11(15)12(8-10)18(21)22/h2-9H,1H3,(H,16,19)/t9-/m1/s1. The molecule has 23 heavy (non-hydrogen) atoms. The summed E-state index contributed by atoms with van der Waals surface area (Å²) in [7, 11) is 0. The number of nitro groups is 1. The number of hydrogen-bond acceptors (Lipinski definition) is 5. The highest BCUT2D eigenvalue weighted by atomic mass is 32.2. The van der Waals surface area contributed by atoms with E-state index in [1.165, 1.54) is 12.3 Å². The SMILES string of the molecule is C[C@@H](Sc1cccc[n+]1[O-])C(=O)Nc1ccc(F)c([N+](=O)[O-])c1. The van der Waals surface area contributed by atoms with E-state index in [2.05, 4.69) is 5.32 Å². The van der Waals surface area contributed by atoms with E-state index in [1.807, 2.05) is 0 Å². The predicted molar refractivity (Wildman–Crippen MR) is 82.4 cm³/mol. The fraction of sp³-hybridized carbons (Fsp3) is 0.143. The number of hydrogen-bond donors (Lipinski definition) is 1. The number of nitro benzene ring substituents is 1. The Labute approximate surface area is 134 Å². The van der Waals surface area contributed by atoms with E-state index in [4.69, 9.17) is 0 Å². The van der Waals surface area contributed by atoms with Crippen LogP contribution >= 0.6 is 11.8 Å². The lowest BCUT2D eigenvalue weighted by molar-refractivity contribution is -0.645. The summed E-state index contributed by atoms with van der Waals surface area (Å²) in [4.78, 5) is 21.9. The third-order valence-corrected chi connectivity index (χ3v) is 3.99. The lowest BCUT2D eigenvalue weighted by Crippen LogP contribution is -2.30. The monoisotopic (exact) mass is 337 g/mol. The summed E-state index contributed by atoms with van der Waals surface area (Å²) >= 11 is 1.04. The van der Waals surface area contributed by atoms with Crippen molar-refractivity contribution in [3.63, 3.8) is 0 Å². The van der Waals surface area contributed by atoms with Gasteiger partial charge in [0.25, 0.3) is 5.03 Å². The van der Waals surface area contributed by atoms with Crippen LogP contribution in [0.4, 0.5) is 15.8 Å². The maximum atomic E-state index is 13.3. The normalized spacial score (nSPS) is 11.7. The molecule has 0 aliphatic carbocycles. The minimum absolute atomic E-state index is 0.110. The molecule has 2 aromatic rings. The summed E-state index contributed by atoms with van der Waals surface area (Å²) in [5, 5.41) is 24.4. The van der Waals surface area contributed by atoms with E-state index in [9.17, 15) is 24.5 Å². The average molecular weight is 337 g/mol. The number of benzene rings is 1. The van der Waals surface area contributed by atoms with Gasteiger partial charge >= 0.3 is 5.69 Å². The maximum absolute atomic E-state index is 13.3. The molecule has 1 N–H and O–H groups in total.